The van der Waals surface area contributed by atoms with E-state index in [9.17, 15) is 4.39 Å². The molecule has 168 valence electrons. The third-order valence-electron chi connectivity index (χ3n) is 5.82. The van der Waals surface area contributed by atoms with E-state index in [-0.39, 0.29) is 11.9 Å². The lowest BCUT2D eigenvalue weighted by molar-refractivity contribution is 0.204. The van der Waals surface area contributed by atoms with Gasteiger partial charge in [0.05, 0.1) is 12.4 Å². The summed E-state index contributed by atoms with van der Waals surface area (Å²) >= 11 is 0. The molecule has 0 spiro atoms. The van der Waals surface area contributed by atoms with E-state index in [4.69, 9.17) is 4.98 Å². The summed E-state index contributed by atoms with van der Waals surface area (Å²) in [6, 6.07) is 8.88. The zero-order chi connectivity index (χ0) is 22.3. The number of nitrogens with one attached hydrogen (secondary N) is 2. The van der Waals surface area contributed by atoms with E-state index < -0.39 is 0 Å². The molecule has 1 atom stereocenters. The van der Waals surface area contributed by atoms with Gasteiger partial charge in [0.1, 0.15) is 17.5 Å². The van der Waals surface area contributed by atoms with Crippen LogP contribution in [0.5, 0.6) is 0 Å². The molecule has 0 saturated carbocycles. The summed E-state index contributed by atoms with van der Waals surface area (Å²) in [6.07, 6.45) is 7.17. The highest BCUT2D eigenvalue weighted by Crippen LogP contribution is 2.28. The predicted molar refractivity (Wildman–Crippen MR) is 128 cm³/mol. The Bertz CT molecular complexity index is 962. The number of halogens is 1. The number of anilines is 3. The van der Waals surface area contributed by atoms with Crippen LogP contribution in [0.15, 0.2) is 52.7 Å². The van der Waals surface area contributed by atoms with E-state index in [1.165, 1.54) is 50.5 Å². The molecular weight excluding hydrogens is 407 g/mol. The second kappa shape index (κ2) is 10.3. The average molecular weight is 437 g/mol. The number of aliphatic imine (C=N–C) groups is 2. The molecule has 9 heteroatoms. The maximum atomic E-state index is 13.3. The summed E-state index contributed by atoms with van der Waals surface area (Å²) in [4.78, 5) is 21.9. The summed E-state index contributed by atoms with van der Waals surface area (Å²) in [5.41, 5.74) is 0.955. The number of benzene rings is 1. The lowest BCUT2D eigenvalue weighted by atomic mass is 10.1. The van der Waals surface area contributed by atoms with E-state index in [2.05, 4.69) is 42.1 Å². The molecule has 2 aliphatic rings. The first kappa shape index (κ1) is 21.9. The molecule has 1 aromatic heterocycles. The number of likely N-dealkylation sites (tertiary alicyclic amines) is 1. The van der Waals surface area contributed by atoms with Crippen molar-refractivity contribution in [1.29, 1.82) is 0 Å². The molecule has 2 saturated heterocycles. The Hall–Kier alpha value is -3.33. The molecule has 4 rings (SSSR count). The highest BCUT2D eigenvalue weighted by atomic mass is 19.1. The van der Waals surface area contributed by atoms with Crippen LogP contribution in [0, 0.1) is 5.82 Å². The van der Waals surface area contributed by atoms with E-state index in [0.717, 1.165) is 24.5 Å². The fourth-order valence-corrected chi connectivity index (χ4v) is 3.98. The Balaban J connectivity index is 1.49. The Labute approximate surface area is 188 Å². The Kier molecular flexibility index (Phi) is 7.06. The molecule has 0 amide bonds. The number of aromatic nitrogens is 2. The van der Waals surface area contributed by atoms with Crippen molar-refractivity contribution < 1.29 is 4.39 Å². The van der Waals surface area contributed by atoms with Crippen molar-refractivity contribution in [3.05, 3.63) is 54.1 Å². The Morgan fingerprint density at radius 3 is 2.62 bits per heavy atom. The lowest BCUT2D eigenvalue weighted by Crippen LogP contribution is -2.59. The van der Waals surface area contributed by atoms with E-state index in [0.29, 0.717) is 17.8 Å². The van der Waals surface area contributed by atoms with Crippen molar-refractivity contribution in [2.45, 2.75) is 31.8 Å². The molecule has 2 N–H and O–H groups in total. The summed E-state index contributed by atoms with van der Waals surface area (Å²) in [5.74, 6) is 1.75. The molecule has 2 aliphatic heterocycles. The van der Waals surface area contributed by atoms with Gasteiger partial charge in [-0.15, -0.1) is 0 Å². The molecule has 1 aromatic carbocycles. The molecule has 0 aliphatic carbocycles. The van der Waals surface area contributed by atoms with Crippen LogP contribution in [0.2, 0.25) is 0 Å². The van der Waals surface area contributed by atoms with Crippen LogP contribution in [0.3, 0.4) is 0 Å². The van der Waals surface area contributed by atoms with Gasteiger partial charge in [0.15, 0.2) is 0 Å². The van der Waals surface area contributed by atoms with Crippen LogP contribution in [0.4, 0.5) is 22.0 Å². The third-order valence-corrected chi connectivity index (χ3v) is 5.82. The van der Waals surface area contributed by atoms with Crippen molar-refractivity contribution in [3.63, 3.8) is 0 Å². The Morgan fingerprint density at radius 2 is 1.91 bits per heavy atom. The molecule has 0 bridgehead atoms. The maximum absolute atomic E-state index is 13.3. The quantitative estimate of drug-likeness (QED) is 0.461. The number of nitrogens with zero attached hydrogens (tertiary/aromatic N) is 6. The first-order chi connectivity index (χ1) is 15.6. The van der Waals surface area contributed by atoms with Gasteiger partial charge in [-0.05, 0) is 57.3 Å². The van der Waals surface area contributed by atoms with Crippen LogP contribution in [0.25, 0.3) is 0 Å². The van der Waals surface area contributed by atoms with Crippen molar-refractivity contribution >= 4 is 30.6 Å². The standard InChI is InChI=1S/C23H29FN8/c1-17(18-5-7-19(24)8-6-18)28-23-29-21(27-16-26-10-9-25-2)13-22(30-23)32-14-20(15-32)31-11-3-4-12-31/h5-10,13,16-17,20H,2-4,11-12,14-15H2,1H3,(H2,26,27,28,29,30)/b10-9-/t17-/m0/s1. The zero-order valence-corrected chi connectivity index (χ0v) is 18.3. The zero-order valence-electron chi connectivity index (χ0n) is 18.3. The highest BCUT2D eigenvalue weighted by Gasteiger charge is 2.34. The van der Waals surface area contributed by atoms with Crippen LogP contribution in [-0.4, -0.2) is 60.1 Å². The minimum atomic E-state index is -0.254. The summed E-state index contributed by atoms with van der Waals surface area (Å²) in [6.45, 7) is 9.69. The van der Waals surface area contributed by atoms with Gasteiger partial charge in [0, 0.05) is 37.6 Å². The van der Waals surface area contributed by atoms with Crippen LogP contribution in [0.1, 0.15) is 31.4 Å². The van der Waals surface area contributed by atoms with Gasteiger partial charge in [-0.25, -0.2) is 9.38 Å². The first-order valence-electron chi connectivity index (χ1n) is 10.9. The summed E-state index contributed by atoms with van der Waals surface area (Å²) in [5, 5.41) is 6.43. The second-order valence-electron chi connectivity index (χ2n) is 8.06. The SMILES string of the molecule is C=N/C=C\N=C\Nc1cc(N2CC(N3CCCC3)C2)nc(N[C@@H](C)c2ccc(F)cc2)n1. The fourth-order valence-electron chi connectivity index (χ4n) is 3.98. The molecule has 32 heavy (non-hydrogen) atoms. The smallest absolute Gasteiger partial charge is 0.227 e. The normalized spacial score (nSPS) is 18.2. The van der Waals surface area contributed by atoms with Gasteiger partial charge < -0.3 is 15.5 Å². The molecule has 0 radical (unpaired) electrons. The molecule has 8 nitrogen and oxygen atoms in total. The van der Waals surface area contributed by atoms with Crippen LogP contribution >= 0.6 is 0 Å². The van der Waals surface area contributed by atoms with Gasteiger partial charge >= 0.3 is 0 Å². The minimum absolute atomic E-state index is 0.0808. The summed E-state index contributed by atoms with van der Waals surface area (Å²) in [7, 11) is 0. The van der Waals surface area contributed by atoms with Crippen LogP contribution in [-0.2, 0) is 0 Å². The Morgan fingerprint density at radius 1 is 1.16 bits per heavy atom. The van der Waals surface area contributed by atoms with Gasteiger partial charge in [-0.1, -0.05) is 12.1 Å². The van der Waals surface area contributed by atoms with Gasteiger partial charge in [-0.2, -0.15) is 9.97 Å². The van der Waals surface area contributed by atoms with Crippen molar-refractivity contribution in [2.75, 3.05) is 41.7 Å². The van der Waals surface area contributed by atoms with E-state index in [1.807, 2.05) is 13.0 Å². The fraction of sp³-hybridized carbons (Fsp3) is 0.391. The number of hydrogen-bond acceptors (Lipinski definition) is 7. The highest BCUT2D eigenvalue weighted by molar-refractivity contribution is 5.75. The molecule has 2 aromatic rings. The van der Waals surface area contributed by atoms with Gasteiger partial charge in [-0.3, -0.25) is 9.89 Å². The molecule has 2 fully saturated rings. The van der Waals surface area contributed by atoms with Crippen molar-refractivity contribution in [3.8, 4) is 0 Å². The van der Waals surface area contributed by atoms with Gasteiger partial charge in [0.25, 0.3) is 0 Å². The number of rotatable bonds is 9. The van der Waals surface area contributed by atoms with Crippen molar-refractivity contribution in [1.82, 2.24) is 14.9 Å². The molecular formula is C23H29FN8. The van der Waals surface area contributed by atoms with E-state index >= 15 is 0 Å². The average Bonchev–Trinajstić information content (AvgIpc) is 3.27. The topological polar surface area (TPSA) is 81.0 Å². The lowest BCUT2D eigenvalue weighted by Gasteiger charge is -2.44. The van der Waals surface area contributed by atoms with Crippen LogP contribution < -0.4 is 15.5 Å². The van der Waals surface area contributed by atoms with Gasteiger partial charge in [0.2, 0.25) is 5.95 Å². The molecule has 3 heterocycles. The van der Waals surface area contributed by atoms with E-state index in [1.54, 1.807) is 18.5 Å². The van der Waals surface area contributed by atoms with Crippen molar-refractivity contribution in [2.24, 2.45) is 9.98 Å². The maximum Gasteiger partial charge on any atom is 0.227 e. The molecule has 0 unspecified atom stereocenters. The monoisotopic (exact) mass is 436 g/mol. The minimum Gasteiger partial charge on any atom is -0.353 e. The summed E-state index contributed by atoms with van der Waals surface area (Å²) < 4.78 is 13.3. The third kappa shape index (κ3) is 5.47. The second-order valence-corrected chi connectivity index (χ2v) is 8.06. The first-order valence-corrected chi connectivity index (χ1v) is 10.9. The predicted octanol–water partition coefficient (Wildman–Crippen LogP) is 3.69. The largest absolute Gasteiger partial charge is 0.353 e. The number of hydrogen-bond donors (Lipinski definition) is 2.